The third-order valence-corrected chi connectivity index (χ3v) is 3.49. The third kappa shape index (κ3) is 2.85. The molecule has 0 radical (unpaired) electrons. The Kier molecular flexibility index (Phi) is 3.93. The molecular formula is C11H19N5O2. The van der Waals surface area contributed by atoms with E-state index in [-0.39, 0.29) is 10.7 Å². The van der Waals surface area contributed by atoms with Gasteiger partial charge in [0.2, 0.25) is 0 Å². The zero-order valence-corrected chi connectivity index (χ0v) is 10.6. The second-order valence-corrected chi connectivity index (χ2v) is 4.75. The van der Waals surface area contributed by atoms with E-state index in [1.807, 2.05) is 0 Å². The van der Waals surface area contributed by atoms with Gasteiger partial charge >= 0.3 is 5.82 Å². The van der Waals surface area contributed by atoms with Crippen LogP contribution in [0.3, 0.4) is 0 Å². The second-order valence-electron chi connectivity index (χ2n) is 4.75. The zero-order chi connectivity index (χ0) is 13.1. The second kappa shape index (κ2) is 5.45. The fourth-order valence-corrected chi connectivity index (χ4v) is 2.30. The molecule has 2 rings (SSSR count). The molecule has 0 atom stereocenters. The Morgan fingerprint density at radius 1 is 1.50 bits per heavy atom. The molecule has 0 amide bonds. The van der Waals surface area contributed by atoms with E-state index >= 15 is 0 Å². The lowest BCUT2D eigenvalue weighted by atomic mass is 10.1. The van der Waals surface area contributed by atoms with Gasteiger partial charge in [-0.3, -0.25) is 4.90 Å². The lowest BCUT2D eigenvalue weighted by molar-refractivity contribution is -0.392. The number of nitrogens with zero attached hydrogens (tertiary/aromatic N) is 4. The maximum Gasteiger partial charge on any atom is 0.342 e. The summed E-state index contributed by atoms with van der Waals surface area (Å²) < 4.78 is 1.66. The monoisotopic (exact) mass is 253 g/mol. The van der Waals surface area contributed by atoms with Crippen molar-refractivity contribution in [2.75, 3.05) is 19.6 Å². The Morgan fingerprint density at radius 3 is 2.78 bits per heavy atom. The average Bonchev–Trinajstić information content (AvgIpc) is 2.70. The van der Waals surface area contributed by atoms with E-state index in [1.54, 1.807) is 11.5 Å². The quantitative estimate of drug-likeness (QED) is 0.624. The van der Waals surface area contributed by atoms with Gasteiger partial charge < -0.3 is 15.8 Å². The largest absolute Gasteiger partial charge is 0.358 e. The Labute approximate surface area is 106 Å². The molecule has 7 heteroatoms. The molecule has 1 fully saturated rings. The van der Waals surface area contributed by atoms with Gasteiger partial charge in [-0.05, 0) is 30.9 Å². The Balaban J connectivity index is 1.94. The average molecular weight is 253 g/mol. The van der Waals surface area contributed by atoms with Gasteiger partial charge in [-0.2, -0.15) is 0 Å². The summed E-state index contributed by atoms with van der Waals surface area (Å²) in [4.78, 5) is 16.8. The van der Waals surface area contributed by atoms with E-state index in [2.05, 4.69) is 9.88 Å². The summed E-state index contributed by atoms with van der Waals surface area (Å²) >= 11 is 0. The molecule has 0 unspecified atom stereocenters. The number of nitrogens with two attached hydrogens (primary N) is 1. The summed E-state index contributed by atoms with van der Waals surface area (Å²) in [5.41, 5.74) is 5.84. The Morgan fingerprint density at radius 2 is 2.17 bits per heavy atom. The highest BCUT2D eigenvalue weighted by Gasteiger charge is 2.20. The van der Waals surface area contributed by atoms with Crippen LogP contribution in [0.5, 0.6) is 0 Å². The van der Waals surface area contributed by atoms with Crippen LogP contribution in [0, 0.1) is 17.0 Å². The first-order valence-corrected chi connectivity index (χ1v) is 6.22. The molecular weight excluding hydrogens is 234 g/mol. The normalized spacial score (nSPS) is 18.1. The highest BCUT2D eigenvalue weighted by Crippen LogP contribution is 2.14. The number of likely N-dealkylation sites (tertiary alicyclic amines) is 1. The fourth-order valence-electron chi connectivity index (χ4n) is 2.30. The first kappa shape index (κ1) is 13.0. The molecule has 2 heterocycles. The summed E-state index contributed by atoms with van der Waals surface area (Å²) in [5.74, 6) is 0.761. The van der Waals surface area contributed by atoms with Gasteiger partial charge in [0, 0.05) is 19.5 Å². The van der Waals surface area contributed by atoms with Gasteiger partial charge in [0.25, 0.3) is 0 Å². The van der Waals surface area contributed by atoms with Gasteiger partial charge in [-0.25, -0.2) is 9.55 Å². The van der Waals surface area contributed by atoms with E-state index in [1.165, 1.54) is 6.20 Å². The molecule has 1 aromatic rings. The summed E-state index contributed by atoms with van der Waals surface area (Å²) in [6.07, 6.45) is 3.33. The molecule has 0 spiro atoms. The Bertz CT molecular complexity index is 423. The van der Waals surface area contributed by atoms with Gasteiger partial charge in [-0.15, -0.1) is 0 Å². The number of piperidine rings is 1. The molecule has 2 N–H and O–H groups in total. The highest BCUT2D eigenvalue weighted by atomic mass is 16.6. The van der Waals surface area contributed by atoms with Crippen LogP contribution >= 0.6 is 0 Å². The van der Waals surface area contributed by atoms with Crippen LogP contribution < -0.4 is 5.73 Å². The lowest BCUT2D eigenvalue weighted by Gasteiger charge is -2.29. The van der Waals surface area contributed by atoms with E-state index in [0.29, 0.717) is 18.4 Å². The molecule has 0 saturated carbocycles. The van der Waals surface area contributed by atoms with Gasteiger partial charge in [0.05, 0.1) is 0 Å². The molecule has 100 valence electrons. The topological polar surface area (TPSA) is 90.2 Å². The lowest BCUT2D eigenvalue weighted by Crippen LogP contribution is -2.41. The summed E-state index contributed by atoms with van der Waals surface area (Å²) in [6, 6.07) is 0.311. The maximum atomic E-state index is 10.8. The van der Waals surface area contributed by atoms with Crippen LogP contribution in [-0.2, 0) is 6.54 Å². The number of aryl methyl sites for hydroxylation is 1. The van der Waals surface area contributed by atoms with Crippen molar-refractivity contribution in [3.63, 3.8) is 0 Å². The summed E-state index contributed by atoms with van der Waals surface area (Å²) in [7, 11) is 0. The smallest absolute Gasteiger partial charge is 0.342 e. The van der Waals surface area contributed by atoms with Gasteiger partial charge in [0.15, 0.2) is 5.82 Å². The number of nitro groups is 1. The number of hydrogen-bond acceptors (Lipinski definition) is 5. The van der Waals surface area contributed by atoms with E-state index in [4.69, 9.17) is 5.73 Å². The SMILES string of the molecule is Cc1ncc([N+](=O)[O-])n1CCN1CCC(N)CC1. The van der Waals surface area contributed by atoms with Crippen LogP contribution in [-0.4, -0.2) is 45.1 Å². The molecule has 1 aliphatic rings. The number of aromatic nitrogens is 2. The molecule has 1 aromatic heterocycles. The first-order valence-electron chi connectivity index (χ1n) is 6.22. The molecule has 1 aliphatic heterocycles. The van der Waals surface area contributed by atoms with Gasteiger partial charge in [0.1, 0.15) is 12.7 Å². The molecule has 0 aliphatic carbocycles. The summed E-state index contributed by atoms with van der Waals surface area (Å²) in [5, 5.41) is 10.8. The number of rotatable bonds is 4. The van der Waals surface area contributed by atoms with Crippen molar-refractivity contribution in [3.05, 3.63) is 22.1 Å². The van der Waals surface area contributed by atoms with Crippen LogP contribution in [0.2, 0.25) is 0 Å². The van der Waals surface area contributed by atoms with Crippen LogP contribution in [0.15, 0.2) is 6.20 Å². The fraction of sp³-hybridized carbons (Fsp3) is 0.727. The van der Waals surface area contributed by atoms with Crippen LogP contribution in [0.25, 0.3) is 0 Å². The minimum Gasteiger partial charge on any atom is -0.358 e. The van der Waals surface area contributed by atoms with Crippen molar-refractivity contribution in [1.82, 2.24) is 14.5 Å². The van der Waals surface area contributed by atoms with Crippen molar-refractivity contribution in [3.8, 4) is 0 Å². The van der Waals surface area contributed by atoms with E-state index < -0.39 is 0 Å². The Hall–Kier alpha value is -1.47. The van der Waals surface area contributed by atoms with Crippen molar-refractivity contribution < 1.29 is 4.92 Å². The molecule has 0 aromatic carbocycles. The molecule has 1 saturated heterocycles. The van der Waals surface area contributed by atoms with E-state index in [9.17, 15) is 10.1 Å². The standard InChI is InChI=1S/C11H19N5O2/c1-9-13-8-11(16(17)18)15(9)7-6-14-4-2-10(12)3-5-14/h8,10H,2-7,12H2,1H3. The predicted molar refractivity (Wildman–Crippen MR) is 67.3 cm³/mol. The molecule has 7 nitrogen and oxygen atoms in total. The van der Waals surface area contributed by atoms with E-state index in [0.717, 1.165) is 32.5 Å². The maximum absolute atomic E-state index is 10.8. The molecule has 18 heavy (non-hydrogen) atoms. The summed E-state index contributed by atoms with van der Waals surface area (Å²) in [6.45, 7) is 5.16. The van der Waals surface area contributed by atoms with Crippen LogP contribution in [0.4, 0.5) is 5.82 Å². The van der Waals surface area contributed by atoms with Crippen molar-refractivity contribution in [2.24, 2.45) is 5.73 Å². The first-order chi connectivity index (χ1) is 8.58. The van der Waals surface area contributed by atoms with Crippen molar-refractivity contribution >= 4 is 5.82 Å². The highest BCUT2D eigenvalue weighted by molar-refractivity contribution is 5.18. The van der Waals surface area contributed by atoms with Crippen LogP contribution in [0.1, 0.15) is 18.7 Å². The van der Waals surface area contributed by atoms with Gasteiger partial charge in [-0.1, -0.05) is 0 Å². The van der Waals surface area contributed by atoms with Crippen molar-refractivity contribution in [1.29, 1.82) is 0 Å². The van der Waals surface area contributed by atoms with Crippen molar-refractivity contribution in [2.45, 2.75) is 32.4 Å². The number of imidazole rings is 1. The number of hydrogen-bond donors (Lipinski definition) is 1. The zero-order valence-electron chi connectivity index (χ0n) is 10.6. The minimum absolute atomic E-state index is 0.0706. The predicted octanol–water partition coefficient (Wildman–Crippen LogP) is 0.523. The third-order valence-electron chi connectivity index (χ3n) is 3.49. The minimum atomic E-state index is -0.383. The molecule has 0 bridgehead atoms.